The van der Waals surface area contributed by atoms with Crippen LogP contribution in [0.3, 0.4) is 0 Å². The lowest BCUT2D eigenvalue weighted by atomic mass is 9.98. The molecule has 1 saturated heterocycles. The van der Waals surface area contributed by atoms with Gasteiger partial charge in [-0.05, 0) is 43.5 Å². The molecule has 1 aromatic carbocycles. The topological polar surface area (TPSA) is 109 Å². The highest BCUT2D eigenvalue weighted by molar-refractivity contribution is 5.89. The number of halogens is 1. The van der Waals surface area contributed by atoms with Crippen molar-refractivity contribution >= 4 is 11.7 Å². The fourth-order valence-corrected chi connectivity index (χ4v) is 3.08. The molecule has 0 aliphatic carbocycles. The Balaban J connectivity index is 1.43. The molecule has 140 valence electrons. The largest absolute Gasteiger partial charge is 0.338 e. The van der Waals surface area contributed by atoms with E-state index >= 15 is 0 Å². The maximum Gasteiger partial charge on any atom is 0.319 e. The number of aromatic nitrogens is 2. The van der Waals surface area contributed by atoms with E-state index in [0.29, 0.717) is 36.4 Å². The number of carbonyl (C=O) groups is 1. The van der Waals surface area contributed by atoms with Crippen molar-refractivity contribution in [2.75, 3.05) is 25.0 Å². The smallest absolute Gasteiger partial charge is 0.319 e. The molecule has 3 rings (SSSR count). The van der Waals surface area contributed by atoms with Crippen LogP contribution in [-0.2, 0) is 13.1 Å². The van der Waals surface area contributed by atoms with E-state index in [0.717, 1.165) is 25.9 Å². The minimum absolute atomic E-state index is 0.236. The van der Waals surface area contributed by atoms with Gasteiger partial charge in [-0.1, -0.05) is 11.2 Å². The van der Waals surface area contributed by atoms with Crippen molar-refractivity contribution in [1.82, 2.24) is 20.4 Å². The van der Waals surface area contributed by atoms with E-state index in [1.165, 1.54) is 12.1 Å². The standard InChI is InChI=1S/C17H23FN6O2/c18-13-4-1-5-14(7-13)21-17(25)20-9-12-3-2-6-24(10-12)11-15-22-16(8-19)26-23-15/h1,4-5,7,12H,2-3,6,8-11,19H2,(H2,20,21,25). The molecule has 1 aliphatic rings. The number of likely N-dealkylation sites (tertiary alicyclic amines) is 1. The predicted octanol–water partition coefficient (Wildman–Crippen LogP) is 1.70. The second-order valence-electron chi connectivity index (χ2n) is 6.40. The van der Waals surface area contributed by atoms with Crippen LogP contribution >= 0.6 is 0 Å². The van der Waals surface area contributed by atoms with Crippen LogP contribution in [0, 0.1) is 11.7 Å². The van der Waals surface area contributed by atoms with Gasteiger partial charge in [-0.25, -0.2) is 9.18 Å². The summed E-state index contributed by atoms with van der Waals surface area (Å²) in [7, 11) is 0. The molecule has 1 aliphatic heterocycles. The van der Waals surface area contributed by atoms with Gasteiger partial charge in [-0.2, -0.15) is 4.98 Å². The first-order valence-corrected chi connectivity index (χ1v) is 8.66. The van der Waals surface area contributed by atoms with Crippen molar-refractivity contribution in [3.8, 4) is 0 Å². The molecule has 2 aromatic rings. The van der Waals surface area contributed by atoms with Gasteiger partial charge in [-0.3, -0.25) is 4.90 Å². The van der Waals surface area contributed by atoms with Gasteiger partial charge < -0.3 is 20.9 Å². The van der Waals surface area contributed by atoms with E-state index in [9.17, 15) is 9.18 Å². The van der Waals surface area contributed by atoms with Crippen molar-refractivity contribution in [3.05, 3.63) is 41.8 Å². The fraction of sp³-hybridized carbons (Fsp3) is 0.471. The number of nitrogens with one attached hydrogen (secondary N) is 2. The number of hydrogen-bond donors (Lipinski definition) is 3. The lowest BCUT2D eigenvalue weighted by molar-refractivity contribution is 0.161. The number of amides is 2. The van der Waals surface area contributed by atoms with E-state index in [-0.39, 0.29) is 18.4 Å². The highest BCUT2D eigenvalue weighted by Crippen LogP contribution is 2.17. The second kappa shape index (κ2) is 8.72. The Morgan fingerprint density at radius 3 is 3.12 bits per heavy atom. The third-order valence-electron chi connectivity index (χ3n) is 4.29. The number of nitrogens with two attached hydrogens (primary N) is 1. The quantitative estimate of drug-likeness (QED) is 0.722. The van der Waals surface area contributed by atoms with Gasteiger partial charge >= 0.3 is 6.03 Å². The molecule has 1 atom stereocenters. The first kappa shape index (κ1) is 18.3. The Morgan fingerprint density at radius 2 is 2.35 bits per heavy atom. The third-order valence-corrected chi connectivity index (χ3v) is 4.29. The lowest BCUT2D eigenvalue weighted by Gasteiger charge is -2.31. The zero-order chi connectivity index (χ0) is 18.4. The molecule has 0 radical (unpaired) electrons. The summed E-state index contributed by atoms with van der Waals surface area (Å²) in [5.41, 5.74) is 5.90. The normalized spacial score (nSPS) is 17.8. The fourth-order valence-electron chi connectivity index (χ4n) is 3.08. The number of piperidine rings is 1. The van der Waals surface area contributed by atoms with Crippen LogP contribution in [0.2, 0.25) is 0 Å². The van der Waals surface area contributed by atoms with Crippen molar-refractivity contribution in [2.45, 2.75) is 25.9 Å². The summed E-state index contributed by atoms with van der Waals surface area (Å²) in [5, 5.41) is 9.40. The zero-order valence-corrected chi connectivity index (χ0v) is 14.4. The molecular weight excluding hydrogens is 339 g/mol. The summed E-state index contributed by atoms with van der Waals surface area (Å²) in [6, 6.07) is 5.48. The van der Waals surface area contributed by atoms with Crippen LogP contribution in [0.4, 0.5) is 14.9 Å². The Kier molecular flexibility index (Phi) is 6.13. The van der Waals surface area contributed by atoms with Crippen molar-refractivity contribution in [3.63, 3.8) is 0 Å². The first-order valence-electron chi connectivity index (χ1n) is 8.66. The third kappa shape index (κ3) is 5.24. The Hall–Kier alpha value is -2.52. The van der Waals surface area contributed by atoms with E-state index in [2.05, 4.69) is 25.7 Å². The van der Waals surface area contributed by atoms with Crippen LogP contribution in [-0.4, -0.2) is 40.7 Å². The number of anilines is 1. The molecule has 8 nitrogen and oxygen atoms in total. The van der Waals surface area contributed by atoms with Gasteiger partial charge in [0.15, 0.2) is 5.82 Å². The number of rotatable bonds is 6. The minimum Gasteiger partial charge on any atom is -0.338 e. The number of carbonyl (C=O) groups excluding carboxylic acids is 1. The van der Waals surface area contributed by atoms with Crippen LogP contribution < -0.4 is 16.4 Å². The maximum absolute atomic E-state index is 13.1. The Morgan fingerprint density at radius 1 is 1.46 bits per heavy atom. The lowest BCUT2D eigenvalue weighted by Crippen LogP contribution is -2.41. The van der Waals surface area contributed by atoms with Crippen LogP contribution in [0.25, 0.3) is 0 Å². The molecule has 0 bridgehead atoms. The second-order valence-corrected chi connectivity index (χ2v) is 6.40. The number of benzene rings is 1. The molecule has 9 heteroatoms. The molecule has 1 aromatic heterocycles. The molecule has 2 heterocycles. The summed E-state index contributed by atoms with van der Waals surface area (Å²) in [4.78, 5) is 18.4. The van der Waals surface area contributed by atoms with Gasteiger partial charge in [0.2, 0.25) is 5.89 Å². The Labute approximate surface area is 150 Å². The number of urea groups is 1. The van der Waals surface area contributed by atoms with Crippen molar-refractivity contribution in [2.24, 2.45) is 11.7 Å². The summed E-state index contributed by atoms with van der Waals surface area (Å²) in [6.07, 6.45) is 2.08. The van der Waals surface area contributed by atoms with Crippen LogP contribution in [0.5, 0.6) is 0 Å². The molecule has 4 N–H and O–H groups in total. The molecule has 0 saturated carbocycles. The molecule has 2 amide bonds. The predicted molar refractivity (Wildman–Crippen MR) is 93.6 cm³/mol. The maximum atomic E-state index is 13.1. The average molecular weight is 362 g/mol. The van der Waals surface area contributed by atoms with Gasteiger partial charge in [0.05, 0.1) is 13.1 Å². The zero-order valence-electron chi connectivity index (χ0n) is 14.4. The van der Waals surface area contributed by atoms with Gasteiger partial charge in [0, 0.05) is 18.8 Å². The average Bonchev–Trinajstić information content (AvgIpc) is 3.08. The van der Waals surface area contributed by atoms with Gasteiger partial charge in [-0.15, -0.1) is 0 Å². The number of nitrogens with zero attached hydrogens (tertiary/aromatic N) is 3. The van der Waals surface area contributed by atoms with E-state index < -0.39 is 0 Å². The van der Waals surface area contributed by atoms with Crippen molar-refractivity contribution < 1.29 is 13.7 Å². The van der Waals surface area contributed by atoms with Crippen LogP contribution in [0.15, 0.2) is 28.8 Å². The Bertz CT molecular complexity index is 738. The highest BCUT2D eigenvalue weighted by atomic mass is 19.1. The summed E-state index contributed by atoms with van der Waals surface area (Å²) < 4.78 is 18.2. The molecule has 26 heavy (non-hydrogen) atoms. The van der Waals surface area contributed by atoms with Crippen LogP contribution in [0.1, 0.15) is 24.6 Å². The molecule has 1 fully saturated rings. The first-order chi connectivity index (χ1) is 12.6. The van der Waals surface area contributed by atoms with E-state index in [4.69, 9.17) is 10.3 Å². The van der Waals surface area contributed by atoms with E-state index in [1.807, 2.05) is 0 Å². The SMILES string of the molecule is NCc1nc(CN2CCCC(CNC(=O)Nc3cccc(F)c3)C2)no1. The van der Waals surface area contributed by atoms with E-state index in [1.54, 1.807) is 12.1 Å². The van der Waals surface area contributed by atoms with Gasteiger partial charge in [0.25, 0.3) is 0 Å². The monoisotopic (exact) mass is 362 g/mol. The summed E-state index contributed by atoms with van der Waals surface area (Å²) in [5.74, 6) is 1.01. The minimum atomic E-state index is -0.384. The molecule has 0 spiro atoms. The summed E-state index contributed by atoms with van der Waals surface area (Å²) in [6.45, 7) is 3.19. The number of hydrogen-bond acceptors (Lipinski definition) is 6. The van der Waals surface area contributed by atoms with Crippen molar-refractivity contribution in [1.29, 1.82) is 0 Å². The van der Waals surface area contributed by atoms with Gasteiger partial charge in [0.1, 0.15) is 5.82 Å². The highest BCUT2D eigenvalue weighted by Gasteiger charge is 2.22. The summed E-state index contributed by atoms with van der Waals surface area (Å²) >= 11 is 0. The molecular formula is C17H23FN6O2. The molecule has 1 unspecified atom stereocenters.